The average Bonchev–Trinajstić information content (AvgIpc) is 2.74. The van der Waals surface area contributed by atoms with Crippen LogP contribution in [0.15, 0.2) is 48.0 Å². The highest BCUT2D eigenvalue weighted by atomic mass is 16.7. The Morgan fingerprint density at radius 2 is 1.64 bits per heavy atom. The second-order valence-corrected chi connectivity index (χ2v) is 8.66. The SMILES string of the molecule is COc1cc(C=C2C(=O)OC(C)(C(C)(C)C)OC2=O)ccc1OCc1ccc([N+](=O)[O-])cc1. The van der Waals surface area contributed by atoms with Gasteiger partial charge in [-0.1, -0.05) is 26.8 Å². The van der Waals surface area contributed by atoms with Crippen LogP contribution in [0.25, 0.3) is 6.08 Å². The fourth-order valence-corrected chi connectivity index (χ4v) is 2.93. The number of ether oxygens (including phenoxy) is 4. The van der Waals surface area contributed by atoms with Gasteiger partial charge in [0.25, 0.3) is 11.5 Å². The van der Waals surface area contributed by atoms with E-state index < -0.39 is 28.1 Å². The first-order chi connectivity index (χ1) is 15.4. The lowest BCUT2D eigenvalue weighted by Crippen LogP contribution is -2.52. The molecule has 0 atom stereocenters. The second-order valence-electron chi connectivity index (χ2n) is 8.66. The smallest absolute Gasteiger partial charge is 0.348 e. The molecule has 1 saturated heterocycles. The van der Waals surface area contributed by atoms with Gasteiger partial charge >= 0.3 is 11.9 Å². The Morgan fingerprint density at radius 1 is 1.03 bits per heavy atom. The molecule has 3 rings (SSSR count). The Morgan fingerprint density at radius 3 is 2.15 bits per heavy atom. The monoisotopic (exact) mass is 455 g/mol. The summed E-state index contributed by atoms with van der Waals surface area (Å²) in [5.74, 6) is -2.09. The molecule has 0 amide bonds. The van der Waals surface area contributed by atoms with Gasteiger partial charge in [-0.15, -0.1) is 0 Å². The van der Waals surface area contributed by atoms with Gasteiger partial charge in [-0.3, -0.25) is 10.1 Å². The molecule has 0 unspecified atom stereocenters. The molecule has 0 radical (unpaired) electrons. The molecule has 0 bridgehead atoms. The fraction of sp³-hybridized carbons (Fsp3) is 0.333. The van der Waals surface area contributed by atoms with E-state index in [4.69, 9.17) is 18.9 Å². The number of carbonyl (C=O) groups is 2. The number of nitro benzene ring substituents is 1. The molecular formula is C24H25NO8. The zero-order valence-electron chi connectivity index (χ0n) is 19.0. The Bertz CT molecular complexity index is 1090. The number of nitrogens with zero attached hydrogens (tertiary/aromatic N) is 1. The Balaban J connectivity index is 1.77. The molecule has 2 aromatic rings. The minimum atomic E-state index is -1.37. The highest BCUT2D eigenvalue weighted by Crippen LogP contribution is 2.39. The number of nitro groups is 1. The van der Waals surface area contributed by atoms with Crippen molar-refractivity contribution in [1.82, 2.24) is 0 Å². The summed E-state index contributed by atoms with van der Waals surface area (Å²) in [7, 11) is 1.46. The number of benzene rings is 2. The molecule has 0 spiro atoms. The van der Waals surface area contributed by atoms with Crippen LogP contribution in [0.1, 0.15) is 38.8 Å². The topological polar surface area (TPSA) is 114 Å². The lowest BCUT2D eigenvalue weighted by Gasteiger charge is -2.42. The Labute approximate surface area is 191 Å². The van der Waals surface area contributed by atoms with Gasteiger partial charge in [0.05, 0.1) is 12.0 Å². The van der Waals surface area contributed by atoms with Crippen molar-refractivity contribution in [3.05, 3.63) is 69.3 Å². The third kappa shape index (κ3) is 5.14. The maximum atomic E-state index is 12.5. The molecule has 33 heavy (non-hydrogen) atoms. The lowest BCUT2D eigenvalue weighted by molar-refractivity contribution is -0.384. The van der Waals surface area contributed by atoms with Crippen LogP contribution in [0.3, 0.4) is 0 Å². The van der Waals surface area contributed by atoms with Crippen LogP contribution in [-0.2, 0) is 25.7 Å². The van der Waals surface area contributed by atoms with E-state index in [0.29, 0.717) is 17.1 Å². The number of rotatable bonds is 6. The number of non-ortho nitro benzene ring substituents is 1. The number of hydrogen-bond acceptors (Lipinski definition) is 8. The maximum absolute atomic E-state index is 12.5. The third-order valence-corrected chi connectivity index (χ3v) is 5.42. The van der Waals surface area contributed by atoms with Crippen LogP contribution in [0.5, 0.6) is 11.5 Å². The van der Waals surface area contributed by atoms with Gasteiger partial charge in [0.15, 0.2) is 11.5 Å². The van der Waals surface area contributed by atoms with Gasteiger partial charge < -0.3 is 18.9 Å². The average molecular weight is 455 g/mol. The van der Waals surface area contributed by atoms with Crippen molar-refractivity contribution < 1.29 is 33.5 Å². The minimum absolute atomic E-state index is 0.00342. The molecule has 1 fully saturated rings. The number of esters is 2. The van der Waals surface area contributed by atoms with Gasteiger partial charge in [0.1, 0.15) is 12.2 Å². The highest BCUT2D eigenvalue weighted by Gasteiger charge is 2.50. The summed E-state index contributed by atoms with van der Waals surface area (Å²) in [4.78, 5) is 35.3. The van der Waals surface area contributed by atoms with Crippen LogP contribution in [-0.4, -0.2) is 29.8 Å². The van der Waals surface area contributed by atoms with E-state index in [-0.39, 0.29) is 17.9 Å². The summed E-state index contributed by atoms with van der Waals surface area (Å²) in [6, 6.07) is 10.9. The molecule has 0 saturated carbocycles. The zero-order valence-corrected chi connectivity index (χ0v) is 19.0. The Kier molecular flexibility index (Phi) is 6.44. The van der Waals surface area contributed by atoms with Crippen molar-refractivity contribution >= 4 is 23.7 Å². The Hall–Kier alpha value is -3.88. The molecule has 1 aliphatic heterocycles. The molecule has 9 heteroatoms. The quantitative estimate of drug-likeness (QED) is 0.207. The molecule has 0 N–H and O–H groups in total. The van der Waals surface area contributed by atoms with E-state index in [9.17, 15) is 19.7 Å². The van der Waals surface area contributed by atoms with E-state index in [1.165, 1.54) is 25.3 Å². The maximum Gasteiger partial charge on any atom is 0.348 e. The molecular weight excluding hydrogens is 430 g/mol. The molecule has 2 aromatic carbocycles. The molecule has 1 heterocycles. The standard InChI is InChI=1S/C24H25NO8/c1-23(2,3)24(4)32-21(26)18(22(27)33-24)12-16-8-11-19(20(13-16)30-5)31-14-15-6-9-17(10-7-15)25(28)29/h6-13H,14H2,1-5H3. The van der Waals surface area contributed by atoms with Crippen molar-refractivity contribution in [3.8, 4) is 11.5 Å². The van der Waals surface area contributed by atoms with Crippen LogP contribution < -0.4 is 9.47 Å². The predicted octanol–water partition coefficient (Wildman–Crippen LogP) is 4.43. The second kappa shape index (κ2) is 8.93. The normalized spacial score (nSPS) is 18.3. The van der Waals surface area contributed by atoms with Gasteiger partial charge in [0, 0.05) is 24.5 Å². The van der Waals surface area contributed by atoms with Crippen LogP contribution in [0.4, 0.5) is 5.69 Å². The molecule has 0 aromatic heterocycles. The predicted molar refractivity (Wildman–Crippen MR) is 118 cm³/mol. The highest BCUT2D eigenvalue weighted by molar-refractivity contribution is 6.19. The summed E-state index contributed by atoms with van der Waals surface area (Å²) in [5, 5.41) is 10.8. The van der Waals surface area contributed by atoms with Crippen molar-refractivity contribution in [2.75, 3.05) is 7.11 Å². The summed E-state index contributed by atoms with van der Waals surface area (Å²) in [5.41, 5.74) is 0.422. The summed E-state index contributed by atoms with van der Waals surface area (Å²) in [6.07, 6.45) is 1.37. The van der Waals surface area contributed by atoms with E-state index in [1.54, 1.807) is 37.3 Å². The van der Waals surface area contributed by atoms with Crippen molar-refractivity contribution in [2.24, 2.45) is 5.41 Å². The fourth-order valence-electron chi connectivity index (χ4n) is 2.93. The zero-order chi connectivity index (χ0) is 24.4. The lowest BCUT2D eigenvalue weighted by atomic mass is 9.85. The third-order valence-electron chi connectivity index (χ3n) is 5.42. The first-order valence-corrected chi connectivity index (χ1v) is 10.2. The van der Waals surface area contributed by atoms with E-state index in [1.807, 2.05) is 20.8 Å². The molecule has 174 valence electrons. The largest absolute Gasteiger partial charge is 0.493 e. The number of carbonyl (C=O) groups excluding carboxylic acids is 2. The van der Waals surface area contributed by atoms with Crippen molar-refractivity contribution in [2.45, 2.75) is 40.1 Å². The van der Waals surface area contributed by atoms with Gasteiger partial charge in [-0.25, -0.2) is 9.59 Å². The molecule has 1 aliphatic rings. The van der Waals surface area contributed by atoms with Gasteiger partial charge in [0.2, 0.25) is 0 Å². The van der Waals surface area contributed by atoms with E-state index in [2.05, 4.69) is 0 Å². The summed E-state index contributed by atoms with van der Waals surface area (Å²) in [6.45, 7) is 7.14. The van der Waals surface area contributed by atoms with Crippen LogP contribution >= 0.6 is 0 Å². The van der Waals surface area contributed by atoms with E-state index in [0.717, 1.165) is 5.56 Å². The molecule has 0 aliphatic carbocycles. The number of cyclic esters (lactones) is 2. The number of hydrogen-bond donors (Lipinski definition) is 0. The van der Waals surface area contributed by atoms with Gasteiger partial charge in [-0.2, -0.15) is 0 Å². The van der Waals surface area contributed by atoms with Crippen LogP contribution in [0, 0.1) is 15.5 Å². The summed E-state index contributed by atoms with van der Waals surface area (Å²) >= 11 is 0. The molecule has 9 nitrogen and oxygen atoms in total. The van der Waals surface area contributed by atoms with Crippen LogP contribution in [0.2, 0.25) is 0 Å². The van der Waals surface area contributed by atoms with Gasteiger partial charge in [-0.05, 0) is 41.5 Å². The van der Waals surface area contributed by atoms with Crippen molar-refractivity contribution in [1.29, 1.82) is 0 Å². The number of methoxy groups -OCH3 is 1. The first-order valence-electron chi connectivity index (χ1n) is 10.2. The summed E-state index contributed by atoms with van der Waals surface area (Å²) < 4.78 is 22.0. The van der Waals surface area contributed by atoms with E-state index >= 15 is 0 Å². The minimum Gasteiger partial charge on any atom is -0.493 e. The first kappa shape index (κ1) is 23.8. The van der Waals surface area contributed by atoms with Crippen molar-refractivity contribution in [3.63, 3.8) is 0 Å².